The van der Waals surface area contributed by atoms with Crippen LogP contribution in [-0.2, 0) is 0 Å². The maximum atomic E-state index is 9.43. The van der Waals surface area contributed by atoms with Crippen molar-refractivity contribution in [1.82, 2.24) is 0 Å². The molecular weight excluding hydrogens is 184 g/mol. The Hall–Kier alpha value is -0.160. The Morgan fingerprint density at radius 2 is 1.21 bits per heavy atom. The summed E-state index contributed by atoms with van der Waals surface area (Å²) in [4.78, 5) is 0. The van der Waals surface area contributed by atoms with Gasteiger partial charge in [-0.15, -0.1) is 0 Å². The van der Waals surface area contributed by atoms with E-state index in [0.29, 0.717) is 6.42 Å². The van der Waals surface area contributed by atoms with Crippen molar-refractivity contribution >= 4 is 0 Å². The van der Waals surface area contributed by atoms with Crippen LogP contribution in [0, 0.1) is 0 Å². The Morgan fingerprint density at radius 1 is 0.786 bits per heavy atom. The van der Waals surface area contributed by atoms with E-state index in [-0.39, 0.29) is 19.3 Å². The lowest BCUT2D eigenvalue weighted by Crippen LogP contribution is -2.24. The summed E-state index contributed by atoms with van der Waals surface area (Å²) in [7, 11) is 0. The van der Waals surface area contributed by atoms with Crippen molar-refractivity contribution < 1.29 is 20.4 Å². The van der Waals surface area contributed by atoms with Crippen LogP contribution in [0.1, 0.15) is 39.5 Å². The van der Waals surface area contributed by atoms with E-state index >= 15 is 0 Å². The molecule has 0 fully saturated rings. The average Bonchev–Trinajstić information content (AvgIpc) is 2.01. The molecule has 0 saturated heterocycles. The SMILES string of the molecule is CCC(O)CC(O)CC(O)CC(C)O. The van der Waals surface area contributed by atoms with Gasteiger partial charge in [0, 0.05) is 0 Å². The van der Waals surface area contributed by atoms with Crippen LogP contribution in [0.5, 0.6) is 0 Å². The van der Waals surface area contributed by atoms with Crippen LogP contribution in [-0.4, -0.2) is 44.8 Å². The quantitative estimate of drug-likeness (QED) is 0.474. The molecule has 4 nitrogen and oxygen atoms in total. The highest BCUT2D eigenvalue weighted by molar-refractivity contribution is 4.68. The van der Waals surface area contributed by atoms with E-state index in [1.54, 1.807) is 6.92 Å². The molecule has 0 spiro atoms. The molecular formula is C10H22O4. The fourth-order valence-corrected chi connectivity index (χ4v) is 1.38. The monoisotopic (exact) mass is 206 g/mol. The average molecular weight is 206 g/mol. The molecule has 4 unspecified atom stereocenters. The fourth-order valence-electron chi connectivity index (χ4n) is 1.38. The summed E-state index contributed by atoms with van der Waals surface area (Å²) in [6.45, 7) is 3.43. The molecule has 4 heteroatoms. The van der Waals surface area contributed by atoms with Crippen molar-refractivity contribution in [3.63, 3.8) is 0 Å². The standard InChI is InChI=1S/C10H22O4/c1-3-8(12)5-10(14)6-9(13)4-7(2)11/h7-14H,3-6H2,1-2H3. The van der Waals surface area contributed by atoms with Crippen LogP contribution in [0.2, 0.25) is 0 Å². The van der Waals surface area contributed by atoms with Gasteiger partial charge in [-0.3, -0.25) is 0 Å². The van der Waals surface area contributed by atoms with E-state index in [9.17, 15) is 15.3 Å². The van der Waals surface area contributed by atoms with E-state index in [1.807, 2.05) is 6.92 Å². The molecule has 0 heterocycles. The summed E-state index contributed by atoms with van der Waals surface area (Å²) in [6.07, 6.45) is -1.11. The van der Waals surface area contributed by atoms with Gasteiger partial charge in [0.1, 0.15) is 0 Å². The Balaban J connectivity index is 3.65. The van der Waals surface area contributed by atoms with Crippen LogP contribution in [0.15, 0.2) is 0 Å². The predicted molar refractivity (Wildman–Crippen MR) is 53.8 cm³/mol. The van der Waals surface area contributed by atoms with E-state index in [2.05, 4.69) is 0 Å². The van der Waals surface area contributed by atoms with Gasteiger partial charge in [-0.05, 0) is 32.6 Å². The molecule has 0 aliphatic carbocycles. The van der Waals surface area contributed by atoms with Crippen LogP contribution in [0.3, 0.4) is 0 Å². The van der Waals surface area contributed by atoms with Crippen molar-refractivity contribution in [3.05, 3.63) is 0 Å². The van der Waals surface area contributed by atoms with Gasteiger partial charge >= 0.3 is 0 Å². The van der Waals surface area contributed by atoms with Crippen molar-refractivity contribution in [2.24, 2.45) is 0 Å². The Kier molecular flexibility index (Phi) is 7.09. The van der Waals surface area contributed by atoms with Gasteiger partial charge in [0.2, 0.25) is 0 Å². The van der Waals surface area contributed by atoms with Gasteiger partial charge in [-0.2, -0.15) is 0 Å². The van der Waals surface area contributed by atoms with Crippen LogP contribution >= 0.6 is 0 Å². The molecule has 0 amide bonds. The lowest BCUT2D eigenvalue weighted by atomic mass is 10.0. The van der Waals surface area contributed by atoms with E-state index in [0.717, 1.165) is 0 Å². The van der Waals surface area contributed by atoms with Crippen molar-refractivity contribution in [1.29, 1.82) is 0 Å². The third-order valence-electron chi connectivity index (χ3n) is 2.17. The molecule has 0 bridgehead atoms. The predicted octanol–water partition coefficient (Wildman–Crippen LogP) is 0.0302. The molecule has 0 aromatic rings. The molecule has 0 aliphatic rings. The van der Waals surface area contributed by atoms with Gasteiger partial charge in [0.05, 0.1) is 24.4 Å². The third kappa shape index (κ3) is 7.26. The van der Waals surface area contributed by atoms with Gasteiger partial charge in [0.25, 0.3) is 0 Å². The van der Waals surface area contributed by atoms with Gasteiger partial charge in [0.15, 0.2) is 0 Å². The zero-order valence-corrected chi connectivity index (χ0v) is 8.93. The van der Waals surface area contributed by atoms with Crippen molar-refractivity contribution in [2.75, 3.05) is 0 Å². The molecule has 14 heavy (non-hydrogen) atoms. The summed E-state index contributed by atoms with van der Waals surface area (Å²) in [5, 5.41) is 37.0. The first-order valence-electron chi connectivity index (χ1n) is 5.17. The van der Waals surface area contributed by atoms with Gasteiger partial charge < -0.3 is 20.4 Å². The van der Waals surface area contributed by atoms with Crippen LogP contribution in [0.25, 0.3) is 0 Å². The highest BCUT2D eigenvalue weighted by Gasteiger charge is 2.16. The van der Waals surface area contributed by atoms with E-state index in [1.165, 1.54) is 0 Å². The summed E-state index contributed by atoms with van der Waals surface area (Å²) in [6, 6.07) is 0. The molecule has 0 aliphatic heterocycles. The number of hydrogen-bond donors (Lipinski definition) is 4. The number of hydrogen-bond acceptors (Lipinski definition) is 4. The van der Waals surface area contributed by atoms with E-state index < -0.39 is 24.4 Å². The molecule has 0 radical (unpaired) electrons. The van der Waals surface area contributed by atoms with Crippen LogP contribution in [0.4, 0.5) is 0 Å². The first-order chi connectivity index (χ1) is 6.45. The van der Waals surface area contributed by atoms with Gasteiger partial charge in [-0.25, -0.2) is 0 Å². The van der Waals surface area contributed by atoms with E-state index in [4.69, 9.17) is 5.11 Å². The second kappa shape index (κ2) is 7.17. The molecule has 86 valence electrons. The fraction of sp³-hybridized carbons (Fsp3) is 1.00. The first kappa shape index (κ1) is 13.8. The maximum Gasteiger partial charge on any atom is 0.0589 e. The lowest BCUT2D eigenvalue weighted by Gasteiger charge is -2.18. The minimum absolute atomic E-state index is 0.210. The number of aliphatic hydroxyl groups excluding tert-OH is 4. The topological polar surface area (TPSA) is 80.9 Å². The molecule has 0 aromatic heterocycles. The summed E-state index contributed by atoms with van der Waals surface area (Å²) in [5.74, 6) is 0. The smallest absolute Gasteiger partial charge is 0.0589 e. The summed E-state index contributed by atoms with van der Waals surface area (Å²) in [5.41, 5.74) is 0. The third-order valence-corrected chi connectivity index (χ3v) is 2.17. The van der Waals surface area contributed by atoms with Crippen molar-refractivity contribution in [3.8, 4) is 0 Å². The Bertz CT molecular complexity index is 138. The minimum atomic E-state index is -0.700. The zero-order valence-electron chi connectivity index (χ0n) is 8.93. The Labute approximate surface area is 85.2 Å². The highest BCUT2D eigenvalue weighted by atomic mass is 16.3. The molecule has 0 rings (SSSR count). The molecule has 0 aromatic carbocycles. The first-order valence-corrected chi connectivity index (χ1v) is 5.17. The number of aliphatic hydroxyl groups is 4. The normalized spacial score (nSPS) is 20.1. The largest absolute Gasteiger partial charge is 0.393 e. The molecule has 0 saturated carbocycles. The highest BCUT2D eigenvalue weighted by Crippen LogP contribution is 2.11. The summed E-state index contributed by atoms with van der Waals surface area (Å²) < 4.78 is 0. The number of rotatable bonds is 7. The maximum absolute atomic E-state index is 9.43. The molecule has 4 atom stereocenters. The second-order valence-electron chi connectivity index (χ2n) is 3.93. The van der Waals surface area contributed by atoms with Gasteiger partial charge in [-0.1, -0.05) is 6.92 Å². The lowest BCUT2D eigenvalue weighted by molar-refractivity contribution is 0.0213. The van der Waals surface area contributed by atoms with Crippen LogP contribution < -0.4 is 0 Å². The second-order valence-corrected chi connectivity index (χ2v) is 3.93. The summed E-state index contributed by atoms with van der Waals surface area (Å²) >= 11 is 0. The molecule has 4 N–H and O–H groups in total. The minimum Gasteiger partial charge on any atom is -0.393 e. The van der Waals surface area contributed by atoms with Crippen molar-refractivity contribution in [2.45, 2.75) is 63.9 Å². The zero-order chi connectivity index (χ0) is 11.1. The Morgan fingerprint density at radius 3 is 1.64 bits per heavy atom.